The first kappa shape index (κ1) is 39.2. The fourth-order valence-electron chi connectivity index (χ4n) is 11.7. The summed E-state index contributed by atoms with van der Waals surface area (Å²) in [6, 6.07) is 79.7. The summed E-state index contributed by atoms with van der Waals surface area (Å²) in [5.41, 5.74) is 19.4. The number of anilines is 3. The van der Waals surface area contributed by atoms with E-state index in [-0.39, 0.29) is 0 Å². The molecule has 0 saturated carbocycles. The number of fused-ring (bicyclic) bond motifs is 10. The Bertz CT molecular complexity index is 3770. The first-order valence-corrected chi connectivity index (χ1v) is 23.6. The second-order valence-electron chi connectivity index (χ2n) is 18.5. The quantitative estimate of drug-likeness (QED) is 0.155. The second kappa shape index (κ2) is 15.5. The van der Waals surface area contributed by atoms with E-state index < -0.39 is 5.41 Å². The molecule has 2 heteroatoms. The molecular weight excluding hydrogens is 809 g/mol. The molecule has 2 aliphatic rings. The van der Waals surface area contributed by atoms with Crippen LogP contribution in [-0.4, -0.2) is 4.57 Å². The van der Waals surface area contributed by atoms with Crippen LogP contribution in [-0.2, 0) is 5.41 Å². The highest BCUT2D eigenvalue weighted by atomic mass is 15.1. The van der Waals surface area contributed by atoms with E-state index in [1.165, 1.54) is 99.0 Å². The minimum absolute atomic E-state index is 0.432. The van der Waals surface area contributed by atoms with E-state index in [9.17, 15) is 0 Å². The van der Waals surface area contributed by atoms with Crippen LogP contribution in [0.15, 0.2) is 236 Å². The van der Waals surface area contributed by atoms with Crippen LogP contribution in [0, 0.1) is 13.8 Å². The topological polar surface area (TPSA) is 8.17 Å². The van der Waals surface area contributed by atoms with Crippen LogP contribution in [0.5, 0.6) is 0 Å². The van der Waals surface area contributed by atoms with Gasteiger partial charge in [-0.05, 0) is 148 Å². The molecule has 0 radical (unpaired) electrons. The lowest BCUT2D eigenvalue weighted by Gasteiger charge is -2.37. The van der Waals surface area contributed by atoms with E-state index in [1.54, 1.807) is 0 Å². The summed E-state index contributed by atoms with van der Waals surface area (Å²) < 4.78 is 2.57. The summed E-state index contributed by atoms with van der Waals surface area (Å²) in [6.07, 6.45) is 9.01. The zero-order valence-electron chi connectivity index (χ0n) is 37.7. The third-order valence-corrected chi connectivity index (χ3v) is 14.7. The molecule has 1 aromatic heterocycles. The monoisotopic (exact) mass is 856 g/mol. The second-order valence-corrected chi connectivity index (χ2v) is 18.5. The van der Waals surface area contributed by atoms with Gasteiger partial charge in [-0.3, -0.25) is 0 Å². The lowest BCUT2D eigenvalue weighted by Crippen LogP contribution is -2.30. The molecule has 67 heavy (non-hydrogen) atoms. The predicted octanol–water partition coefficient (Wildman–Crippen LogP) is 17.4. The lowest BCUT2D eigenvalue weighted by atomic mass is 9.65. The van der Waals surface area contributed by atoms with Crippen molar-refractivity contribution in [2.24, 2.45) is 0 Å². The van der Waals surface area contributed by atoms with E-state index in [2.05, 4.69) is 254 Å². The highest BCUT2D eigenvalue weighted by Crippen LogP contribution is 2.58. The molecule has 0 saturated heterocycles. The number of allylic oxidation sites excluding steroid dienone is 4. The molecule has 2 aliphatic carbocycles. The van der Waals surface area contributed by atoms with Crippen molar-refractivity contribution in [2.75, 3.05) is 4.90 Å². The molecule has 0 spiro atoms. The average molecular weight is 857 g/mol. The molecule has 11 aromatic rings. The molecule has 13 rings (SSSR count). The zero-order chi connectivity index (χ0) is 44.6. The van der Waals surface area contributed by atoms with Crippen molar-refractivity contribution in [2.45, 2.75) is 32.1 Å². The minimum Gasteiger partial charge on any atom is -0.310 e. The number of aromatic nitrogens is 1. The predicted molar refractivity (Wildman–Crippen MR) is 284 cm³/mol. The number of hydrogen-bond donors (Lipinski definition) is 0. The standard InChI is InChI=1S/C65H48N2/c1-43-28-33-49(34-29-43)66(50-35-30-44(2)31-36-50)51-22-15-17-46(40-51)58-42-62-64(57-26-12-11-24-54(57)58)63-53-23-10-9-16-45(53)32-39-61(63)67(62)52-37-38-56-55-25-13-14-27-59(55)65(60(56)41-52,47-18-5-3-6-19-47)48-20-7-4-8-21-48/h3-7,9-20,22-42H,8,21H2,1-2H3. The van der Waals surface area contributed by atoms with Crippen LogP contribution in [0.3, 0.4) is 0 Å². The van der Waals surface area contributed by atoms with Gasteiger partial charge in [0.1, 0.15) is 0 Å². The van der Waals surface area contributed by atoms with Crippen LogP contribution >= 0.6 is 0 Å². The summed E-state index contributed by atoms with van der Waals surface area (Å²) in [7, 11) is 0. The van der Waals surface area contributed by atoms with E-state index >= 15 is 0 Å². The Labute approximate surface area is 392 Å². The van der Waals surface area contributed by atoms with Crippen LogP contribution in [0.1, 0.15) is 40.7 Å². The largest absolute Gasteiger partial charge is 0.310 e. The molecule has 2 nitrogen and oxygen atoms in total. The van der Waals surface area contributed by atoms with Gasteiger partial charge in [-0.1, -0.05) is 187 Å². The zero-order valence-corrected chi connectivity index (χ0v) is 37.7. The smallest absolute Gasteiger partial charge is 0.0677 e. The Hall–Kier alpha value is -8.20. The van der Waals surface area contributed by atoms with Crippen molar-refractivity contribution in [1.29, 1.82) is 0 Å². The maximum Gasteiger partial charge on any atom is 0.0677 e. The molecule has 1 heterocycles. The Morgan fingerprint density at radius 1 is 0.463 bits per heavy atom. The first-order chi connectivity index (χ1) is 33.1. The SMILES string of the molecule is Cc1ccc(N(c2ccc(C)cc2)c2cccc(-c3cc4c(c5ccccc35)c3c5ccccc5ccc3n4-c3ccc4c(c3)C(C3=CC=CCC3)(c3ccccc3)c3ccccc3-4)c2)cc1. The van der Waals surface area contributed by atoms with Crippen LogP contribution in [0.2, 0.25) is 0 Å². The molecule has 0 bridgehead atoms. The van der Waals surface area contributed by atoms with Crippen molar-refractivity contribution < 1.29 is 0 Å². The van der Waals surface area contributed by atoms with Gasteiger partial charge < -0.3 is 9.47 Å². The molecule has 1 unspecified atom stereocenters. The molecule has 1 atom stereocenters. The van der Waals surface area contributed by atoms with Gasteiger partial charge >= 0.3 is 0 Å². The third-order valence-electron chi connectivity index (χ3n) is 14.7. The maximum absolute atomic E-state index is 2.57. The van der Waals surface area contributed by atoms with E-state index in [0.29, 0.717) is 0 Å². The summed E-state index contributed by atoms with van der Waals surface area (Å²) in [5, 5.41) is 7.56. The van der Waals surface area contributed by atoms with Crippen molar-refractivity contribution in [1.82, 2.24) is 4.57 Å². The highest BCUT2D eigenvalue weighted by molar-refractivity contribution is 6.30. The van der Waals surface area contributed by atoms with Crippen molar-refractivity contribution in [3.63, 3.8) is 0 Å². The summed E-state index contributed by atoms with van der Waals surface area (Å²) in [6.45, 7) is 4.30. The van der Waals surface area contributed by atoms with Crippen LogP contribution in [0.25, 0.3) is 71.3 Å². The number of hydrogen-bond acceptors (Lipinski definition) is 1. The van der Waals surface area contributed by atoms with Crippen molar-refractivity contribution in [3.05, 3.63) is 264 Å². The molecule has 0 fully saturated rings. The minimum atomic E-state index is -0.432. The average Bonchev–Trinajstić information content (AvgIpc) is 3.89. The van der Waals surface area contributed by atoms with E-state index in [0.717, 1.165) is 35.6 Å². The van der Waals surface area contributed by atoms with Crippen LogP contribution < -0.4 is 4.90 Å². The molecule has 10 aromatic carbocycles. The molecule has 318 valence electrons. The van der Waals surface area contributed by atoms with Crippen LogP contribution in [0.4, 0.5) is 17.1 Å². The normalized spacial score (nSPS) is 15.3. The highest BCUT2D eigenvalue weighted by Gasteiger charge is 2.47. The van der Waals surface area contributed by atoms with Gasteiger partial charge in [-0.2, -0.15) is 0 Å². The number of benzene rings is 10. The van der Waals surface area contributed by atoms with Gasteiger partial charge in [-0.25, -0.2) is 0 Å². The van der Waals surface area contributed by atoms with Gasteiger partial charge in [0, 0.05) is 33.5 Å². The fourth-order valence-corrected chi connectivity index (χ4v) is 11.7. The fraction of sp³-hybridized carbons (Fsp3) is 0.0769. The lowest BCUT2D eigenvalue weighted by molar-refractivity contribution is 0.692. The summed E-state index contributed by atoms with van der Waals surface area (Å²) >= 11 is 0. The van der Waals surface area contributed by atoms with Crippen molar-refractivity contribution >= 4 is 60.4 Å². The molecule has 0 amide bonds. The maximum atomic E-state index is 2.57. The Balaban J connectivity index is 1.10. The number of nitrogens with zero attached hydrogens (tertiary/aromatic N) is 2. The van der Waals surface area contributed by atoms with Gasteiger partial charge in [0.25, 0.3) is 0 Å². The summed E-state index contributed by atoms with van der Waals surface area (Å²) in [5.74, 6) is 0. The van der Waals surface area contributed by atoms with Gasteiger partial charge in [0.05, 0.1) is 16.4 Å². The van der Waals surface area contributed by atoms with Gasteiger partial charge in [0.15, 0.2) is 0 Å². The Morgan fingerprint density at radius 2 is 1.13 bits per heavy atom. The van der Waals surface area contributed by atoms with Gasteiger partial charge in [-0.15, -0.1) is 0 Å². The first-order valence-electron chi connectivity index (χ1n) is 23.6. The third kappa shape index (κ3) is 6.03. The molecule has 0 aliphatic heterocycles. The Kier molecular flexibility index (Phi) is 9.05. The molecular formula is C65H48N2. The van der Waals surface area contributed by atoms with Gasteiger partial charge in [0.2, 0.25) is 0 Å². The number of aryl methyl sites for hydroxylation is 2. The van der Waals surface area contributed by atoms with E-state index in [4.69, 9.17) is 0 Å². The van der Waals surface area contributed by atoms with E-state index in [1.807, 2.05) is 0 Å². The number of rotatable bonds is 7. The Morgan fingerprint density at radius 3 is 1.90 bits per heavy atom. The van der Waals surface area contributed by atoms with Crippen molar-refractivity contribution in [3.8, 4) is 27.9 Å². The molecule has 0 N–H and O–H groups in total. The summed E-state index contributed by atoms with van der Waals surface area (Å²) in [4.78, 5) is 2.38.